The maximum atomic E-state index is 11.4. The Morgan fingerprint density at radius 2 is 2.15 bits per heavy atom. The van der Waals surface area contributed by atoms with Gasteiger partial charge in [0.1, 0.15) is 0 Å². The fourth-order valence-electron chi connectivity index (χ4n) is 1.66. The van der Waals surface area contributed by atoms with Gasteiger partial charge in [0.05, 0.1) is 5.92 Å². The van der Waals surface area contributed by atoms with Crippen LogP contribution >= 0.6 is 15.9 Å². The first-order chi connectivity index (χ1) is 6.11. The number of fused-ring (bicyclic) bond motifs is 1. The molecule has 0 radical (unpaired) electrons. The standard InChI is InChI=1S/C9H8BrNO2/c1-11-7-3-2-5(10)4-6(7)8(12)9(11)13/h2-3,6H,4H2,1H3. The van der Waals surface area contributed by atoms with Crippen LogP contribution in [0.1, 0.15) is 6.42 Å². The van der Waals surface area contributed by atoms with Gasteiger partial charge in [-0.25, -0.2) is 0 Å². The molecule has 1 aliphatic heterocycles. The second-order valence-electron chi connectivity index (χ2n) is 3.19. The Kier molecular flexibility index (Phi) is 1.87. The maximum absolute atomic E-state index is 11.4. The van der Waals surface area contributed by atoms with Gasteiger partial charge < -0.3 is 4.90 Å². The number of ketones is 1. The highest BCUT2D eigenvalue weighted by molar-refractivity contribution is 9.11. The summed E-state index contributed by atoms with van der Waals surface area (Å²) in [5, 5.41) is 0. The van der Waals surface area contributed by atoms with Crippen molar-refractivity contribution >= 4 is 27.6 Å². The molecule has 0 saturated carbocycles. The van der Waals surface area contributed by atoms with E-state index in [9.17, 15) is 9.59 Å². The highest BCUT2D eigenvalue weighted by atomic mass is 79.9. The minimum absolute atomic E-state index is 0.253. The Bertz CT molecular complexity index is 357. The van der Waals surface area contributed by atoms with Crippen molar-refractivity contribution in [3.8, 4) is 0 Å². The molecule has 4 heteroatoms. The average Bonchev–Trinajstić information content (AvgIpc) is 2.32. The summed E-state index contributed by atoms with van der Waals surface area (Å²) < 4.78 is 0.970. The predicted molar refractivity (Wildman–Crippen MR) is 51.0 cm³/mol. The Morgan fingerprint density at radius 1 is 1.46 bits per heavy atom. The van der Waals surface area contributed by atoms with Gasteiger partial charge >= 0.3 is 0 Å². The molecule has 0 aromatic carbocycles. The smallest absolute Gasteiger partial charge is 0.294 e. The molecular weight excluding hydrogens is 234 g/mol. The zero-order chi connectivity index (χ0) is 9.59. The summed E-state index contributed by atoms with van der Waals surface area (Å²) in [6.07, 6.45) is 4.32. The second-order valence-corrected chi connectivity index (χ2v) is 4.21. The van der Waals surface area contributed by atoms with E-state index in [4.69, 9.17) is 0 Å². The number of hydrogen-bond acceptors (Lipinski definition) is 2. The van der Waals surface area contributed by atoms with Crippen molar-refractivity contribution in [1.29, 1.82) is 0 Å². The lowest BCUT2D eigenvalue weighted by molar-refractivity contribution is -0.140. The normalized spacial score (nSPS) is 27.2. The van der Waals surface area contributed by atoms with Crippen LogP contribution in [0.3, 0.4) is 0 Å². The van der Waals surface area contributed by atoms with Crippen LogP contribution in [0.25, 0.3) is 0 Å². The summed E-state index contributed by atoms with van der Waals surface area (Å²) in [7, 11) is 1.64. The molecule has 13 heavy (non-hydrogen) atoms. The molecule has 2 aliphatic rings. The molecule has 0 bridgehead atoms. The van der Waals surface area contributed by atoms with Crippen molar-refractivity contribution in [2.75, 3.05) is 7.05 Å². The highest BCUT2D eigenvalue weighted by Gasteiger charge is 2.42. The summed E-state index contributed by atoms with van der Waals surface area (Å²) in [4.78, 5) is 24.1. The SMILES string of the molecule is CN1C(=O)C(=O)C2CC(Br)=CC=C21. The lowest BCUT2D eigenvalue weighted by Gasteiger charge is -2.16. The fourth-order valence-corrected chi connectivity index (χ4v) is 2.12. The van der Waals surface area contributed by atoms with E-state index in [-0.39, 0.29) is 11.7 Å². The van der Waals surface area contributed by atoms with Gasteiger partial charge in [-0.05, 0) is 17.0 Å². The van der Waals surface area contributed by atoms with Crippen molar-refractivity contribution in [3.05, 3.63) is 22.3 Å². The van der Waals surface area contributed by atoms with Crippen LogP contribution in [-0.2, 0) is 9.59 Å². The summed E-state index contributed by atoms with van der Waals surface area (Å²) in [5.41, 5.74) is 0.818. The van der Waals surface area contributed by atoms with Crippen LogP contribution in [0.5, 0.6) is 0 Å². The van der Waals surface area contributed by atoms with Gasteiger partial charge in [0.25, 0.3) is 5.91 Å². The first-order valence-corrected chi connectivity index (χ1v) is 4.78. The van der Waals surface area contributed by atoms with Crippen molar-refractivity contribution < 1.29 is 9.59 Å². The molecule has 0 aromatic rings. The van der Waals surface area contributed by atoms with Gasteiger partial charge in [-0.1, -0.05) is 22.0 Å². The van der Waals surface area contributed by atoms with Gasteiger partial charge in [0, 0.05) is 12.7 Å². The number of Topliss-reactive ketones (excluding diaryl/α,β-unsaturated/α-hetero) is 1. The summed E-state index contributed by atoms with van der Waals surface area (Å²) in [6.45, 7) is 0. The molecule has 1 saturated heterocycles. The van der Waals surface area contributed by atoms with Crippen LogP contribution in [0.4, 0.5) is 0 Å². The third kappa shape index (κ3) is 1.16. The molecule has 0 spiro atoms. The number of amides is 1. The van der Waals surface area contributed by atoms with Crippen molar-refractivity contribution in [2.45, 2.75) is 6.42 Å². The van der Waals surface area contributed by atoms with Gasteiger partial charge in [-0.15, -0.1) is 0 Å². The second kappa shape index (κ2) is 2.80. The number of carbonyl (C=O) groups excluding carboxylic acids is 2. The van der Waals surface area contributed by atoms with E-state index in [1.807, 2.05) is 12.2 Å². The molecule has 2 rings (SSSR count). The topological polar surface area (TPSA) is 37.4 Å². The quantitative estimate of drug-likeness (QED) is 0.599. The number of carbonyl (C=O) groups is 2. The third-order valence-corrected chi connectivity index (χ3v) is 3.00. The fraction of sp³-hybridized carbons (Fsp3) is 0.333. The first-order valence-electron chi connectivity index (χ1n) is 3.99. The number of likely N-dealkylation sites (N-methyl/N-ethyl adjacent to an activating group) is 1. The molecule has 1 heterocycles. The van der Waals surface area contributed by atoms with E-state index in [0.717, 1.165) is 10.2 Å². The monoisotopic (exact) mass is 241 g/mol. The van der Waals surface area contributed by atoms with Gasteiger partial charge in [-0.2, -0.15) is 0 Å². The van der Waals surface area contributed by atoms with E-state index in [2.05, 4.69) is 15.9 Å². The van der Waals surface area contributed by atoms with Gasteiger partial charge in [0.15, 0.2) is 0 Å². The van der Waals surface area contributed by atoms with Crippen LogP contribution in [0.15, 0.2) is 22.3 Å². The number of nitrogens with zero attached hydrogens (tertiary/aromatic N) is 1. The minimum atomic E-state index is -0.396. The Hall–Kier alpha value is -0.900. The third-order valence-electron chi connectivity index (χ3n) is 2.41. The molecule has 1 atom stereocenters. The number of likely N-dealkylation sites (tertiary alicyclic amines) is 1. The Balaban J connectivity index is 2.43. The van der Waals surface area contributed by atoms with Crippen molar-refractivity contribution in [1.82, 2.24) is 4.90 Å². The number of rotatable bonds is 0. The lowest BCUT2D eigenvalue weighted by atomic mass is 9.96. The molecule has 1 unspecified atom stereocenters. The molecule has 68 valence electrons. The van der Waals surface area contributed by atoms with E-state index >= 15 is 0 Å². The molecule has 1 aliphatic carbocycles. The Labute approximate surface area is 84.2 Å². The number of hydrogen-bond donors (Lipinski definition) is 0. The first kappa shape index (κ1) is 8.69. The summed E-state index contributed by atoms with van der Waals surface area (Å²) >= 11 is 3.33. The van der Waals surface area contributed by atoms with Gasteiger partial charge in [-0.3, -0.25) is 9.59 Å². The molecule has 0 aromatic heterocycles. The average molecular weight is 242 g/mol. The zero-order valence-electron chi connectivity index (χ0n) is 7.08. The van der Waals surface area contributed by atoms with Crippen LogP contribution in [0, 0.1) is 5.92 Å². The number of allylic oxidation sites excluding steroid dienone is 4. The molecule has 0 N–H and O–H groups in total. The van der Waals surface area contributed by atoms with E-state index in [1.54, 1.807) is 7.05 Å². The van der Waals surface area contributed by atoms with Crippen molar-refractivity contribution in [3.63, 3.8) is 0 Å². The number of halogens is 1. The largest absolute Gasteiger partial charge is 0.312 e. The van der Waals surface area contributed by atoms with Crippen LogP contribution < -0.4 is 0 Å². The molecule has 3 nitrogen and oxygen atoms in total. The predicted octanol–water partition coefficient (Wildman–Crippen LogP) is 1.21. The van der Waals surface area contributed by atoms with E-state index < -0.39 is 5.91 Å². The van der Waals surface area contributed by atoms with Crippen LogP contribution in [0.2, 0.25) is 0 Å². The van der Waals surface area contributed by atoms with Gasteiger partial charge in [0.2, 0.25) is 5.78 Å². The van der Waals surface area contributed by atoms with Crippen LogP contribution in [-0.4, -0.2) is 23.6 Å². The van der Waals surface area contributed by atoms with E-state index in [1.165, 1.54) is 4.90 Å². The maximum Gasteiger partial charge on any atom is 0.294 e. The lowest BCUT2D eigenvalue weighted by Crippen LogP contribution is -2.21. The molecule has 1 amide bonds. The minimum Gasteiger partial charge on any atom is -0.312 e. The highest BCUT2D eigenvalue weighted by Crippen LogP contribution is 2.35. The van der Waals surface area contributed by atoms with Crippen molar-refractivity contribution in [2.24, 2.45) is 5.92 Å². The Morgan fingerprint density at radius 3 is 2.85 bits per heavy atom. The summed E-state index contributed by atoms with van der Waals surface area (Å²) in [5.74, 6) is -0.942. The molecule has 1 fully saturated rings. The van der Waals surface area contributed by atoms with E-state index in [0.29, 0.717) is 6.42 Å². The summed E-state index contributed by atoms with van der Waals surface area (Å²) in [6, 6.07) is 0. The molecular formula is C9H8BrNO2. The zero-order valence-corrected chi connectivity index (χ0v) is 8.67.